The number of benzene rings is 2. The first kappa shape index (κ1) is 14.8. The van der Waals surface area contributed by atoms with Gasteiger partial charge in [-0.05, 0) is 43.5 Å². The zero-order valence-corrected chi connectivity index (χ0v) is 14.0. The standard InChI is InChI=1S/C21H24N/c1-5-8-17-14-21(19-13-15(2)11-12-16(19)3)22(4)20-10-7-6-9-18(17)20/h6-7,9-14H,5,8H2,1-4H3/q+1. The summed E-state index contributed by atoms with van der Waals surface area (Å²) in [7, 11) is 2.18. The molecule has 0 radical (unpaired) electrons. The lowest BCUT2D eigenvalue weighted by Crippen LogP contribution is -2.32. The van der Waals surface area contributed by atoms with Crippen LogP contribution >= 0.6 is 0 Å². The van der Waals surface area contributed by atoms with E-state index in [0.717, 1.165) is 6.42 Å². The Morgan fingerprint density at radius 1 is 0.955 bits per heavy atom. The van der Waals surface area contributed by atoms with Gasteiger partial charge < -0.3 is 0 Å². The van der Waals surface area contributed by atoms with Gasteiger partial charge in [0.15, 0.2) is 0 Å². The molecule has 1 heterocycles. The second kappa shape index (κ2) is 5.92. The zero-order chi connectivity index (χ0) is 15.7. The predicted octanol–water partition coefficient (Wildman–Crippen LogP) is 4.90. The molecular formula is C21H24N+. The first-order valence-electron chi connectivity index (χ1n) is 8.10. The Morgan fingerprint density at radius 3 is 2.50 bits per heavy atom. The van der Waals surface area contributed by atoms with Gasteiger partial charge in [0.25, 0.3) is 0 Å². The highest BCUT2D eigenvalue weighted by atomic mass is 14.9. The van der Waals surface area contributed by atoms with Gasteiger partial charge in [0, 0.05) is 23.1 Å². The first-order chi connectivity index (χ1) is 10.6. The third-order valence-electron chi connectivity index (χ3n) is 4.47. The summed E-state index contributed by atoms with van der Waals surface area (Å²) in [5.41, 5.74) is 8.05. The van der Waals surface area contributed by atoms with Crippen LogP contribution in [0.5, 0.6) is 0 Å². The van der Waals surface area contributed by atoms with Crippen LogP contribution in [-0.4, -0.2) is 0 Å². The van der Waals surface area contributed by atoms with E-state index in [-0.39, 0.29) is 0 Å². The maximum Gasteiger partial charge on any atom is 0.213 e. The normalized spacial score (nSPS) is 11.1. The Bertz CT molecular complexity index is 831. The van der Waals surface area contributed by atoms with E-state index in [0.29, 0.717) is 0 Å². The fourth-order valence-electron chi connectivity index (χ4n) is 3.25. The molecule has 1 aromatic heterocycles. The Hall–Kier alpha value is -2.15. The van der Waals surface area contributed by atoms with Gasteiger partial charge >= 0.3 is 0 Å². The van der Waals surface area contributed by atoms with Crippen LogP contribution in [-0.2, 0) is 13.5 Å². The smallest absolute Gasteiger partial charge is 0.194 e. The van der Waals surface area contributed by atoms with Gasteiger partial charge in [0.2, 0.25) is 11.2 Å². The quantitative estimate of drug-likeness (QED) is 0.604. The zero-order valence-electron chi connectivity index (χ0n) is 14.0. The lowest BCUT2D eigenvalue weighted by Gasteiger charge is -2.11. The second-order valence-electron chi connectivity index (χ2n) is 6.20. The fourth-order valence-corrected chi connectivity index (χ4v) is 3.25. The molecule has 0 saturated heterocycles. The molecule has 0 amide bonds. The van der Waals surface area contributed by atoms with E-state index in [1.807, 2.05) is 0 Å². The van der Waals surface area contributed by atoms with Crippen LogP contribution in [0.25, 0.3) is 22.2 Å². The average molecular weight is 290 g/mol. The minimum absolute atomic E-state index is 1.12. The SMILES string of the molecule is CCCc1cc(-c2cc(C)ccc2C)[n+](C)c2ccccc12. The molecule has 2 aromatic carbocycles. The summed E-state index contributed by atoms with van der Waals surface area (Å²) in [5, 5.41) is 1.38. The van der Waals surface area contributed by atoms with Crippen molar-refractivity contribution in [3.05, 3.63) is 65.2 Å². The Balaban J connectivity index is 2.34. The molecule has 0 fully saturated rings. The van der Waals surface area contributed by atoms with Crippen LogP contribution in [0.1, 0.15) is 30.0 Å². The molecule has 0 N–H and O–H groups in total. The number of aryl methyl sites for hydroxylation is 4. The van der Waals surface area contributed by atoms with Crippen molar-refractivity contribution < 1.29 is 4.57 Å². The minimum atomic E-state index is 1.12. The summed E-state index contributed by atoms with van der Waals surface area (Å²) in [6.07, 6.45) is 2.29. The molecule has 0 saturated carbocycles. The number of fused-ring (bicyclic) bond motifs is 1. The average Bonchev–Trinajstić information content (AvgIpc) is 2.53. The Labute approximate surface area is 133 Å². The van der Waals surface area contributed by atoms with Crippen molar-refractivity contribution in [2.45, 2.75) is 33.6 Å². The lowest BCUT2D eigenvalue weighted by atomic mass is 9.97. The number of hydrogen-bond acceptors (Lipinski definition) is 0. The topological polar surface area (TPSA) is 3.88 Å². The molecule has 3 rings (SSSR count). The highest BCUT2D eigenvalue weighted by molar-refractivity contribution is 5.82. The number of nitrogens with zero attached hydrogens (tertiary/aromatic N) is 1. The number of aromatic nitrogens is 1. The van der Waals surface area contributed by atoms with Gasteiger partial charge in [-0.25, -0.2) is 0 Å². The molecule has 0 unspecified atom stereocenters. The largest absolute Gasteiger partial charge is 0.213 e. The van der Waals surface area contributed by atoms with Crippen LogP contribution in [0.4, 0.5) is 0 Å². The molecule has 1 nitrogen and oxygen atoms in total. The van der Waals surface area contributed by atoms with Crippen molar-refractivity contribution >= 4 is 10.9 Å². The second-order valence-corrected chi connectivity index (χ2v) is 6.20. The molecule has 112 valence electrons. The third-order valence-corrected chi connectivity index (χ3v) is 4.47. The monoisotopic (exact) mass is 290 g/mol. The fraction of sp³-hybridized carbons (Fsp3) is 0.286. The van der Waals surface area contributed by atoms with Crippen LogP contribution in [0.3, 0.4) is 0 Å². The highest BCUT2D eigenvalue weighted by Gasteiger charge is 2.18. The summed E-state index contributed by atoms with van der Waals surface area (Å²) in [6.45, 7) is 6.61. The van der Waals surface area contributed by atoms with E-state index in [2.05, 4.69) is 80.9 Å². The van der Waals surface area contributed by atoms with E-state index in [1.165, 1.54) is 45.3 Å². The summed E-state index contributed by atoms with van der Waals surface area (Å²) in [6, 6.07) is 17.8. The molecule has 0 aliphatic carbocycles. The summed E-state index contributed by atoms with van der Waals surface area (Å²) in [5.74, 6) is 0. The molecule has 1 heteroatoms. The maximum absolute atomic E-state index is 2.38. The van der Waals surface area contributed by atoms with E-state index in [1.54, 1.807) is 0 Å². The molecule has 3 aromatic rings. The van der Waals surface area contributed by atoms with Gasteiger partial charge in [0.1, 0.15) is 7.05 Å². The number of pyridine rings is 1. The van der Waals surface area contributed by atoms with Gasteiger partial charge in [-0.1, -0.05) is 43.2 Å². The number of hydrogen-bond donors (Lipinski definition) is 0. The van der Waals surface area contributed by atoms with Crippen LogP contribution in [0.15, 0.2) is 48.5 Å². The molecule has 0 spiro atoms. The van der Waals surface area contributed by atoms with Crippen molar-refractivity contribution in [2.24, 2.45) is 7.05 Å². The van der Waals surface area contributed by atoms with E-state index >= 15 is 0 Å². The van der Waals surface area contributed by atoms with Crippen molar-refractivity contribution in [1.29, 1.82) is 0 Å². The van der Waals surface area contributed by atoms with Gasteiger partial charge in [-0.3, -0.25) is 0 Å². The predicted molar refractivity (Wildman–Crippen MR) is 94.0 cm³/mol. The summed E-state index contributed by atoms with van der Waals surface area (Å²) in [4.78, 5) is 0. The van der Waals surface area contributed by atoms with Crippen molar-refractivity contribution in [1.82, 2.24) is 0 Å². The molecule has 0 bridgehead atoms. The van der Waals surface area contributed by atoms with E-state index in [9.17, 15) is 0 Å². The molecule has 22 heavy (non-hydrogen) atoms. The van der Waals surface area contributed by atoms with Crippen molar-refractivity contribution in [3.8, 4) is 11.3 Å². The van der Waals surface area contributed by atoms with E-state index < -0.39 is 0 Å². The molecule has 0 aliphatic heterocycles. The molecular weight excluding hydrogens is 266 g/mol. The van der Waals surface area contributed by atoms with Crippen molar-refractivity contribution in [3.63, 3.8) is 0 Å². The summed E-state index contributed by atoms with van der Waals surface area (Å²) >= 11 is 0. The Kier molecular flexibility index (Phi) is 3.98. The van der Waals surface area contributed by atoms with Gasteiger partial charge in [-0.2, -0.15) is 4.57 Å². The van der Waals surface area contributed by atoms with Crippen LogP contribution in [0.2, 0.25) is 0 Å². The lowest BCUT2D eigenvalue weighted by molar-refractivity contribution is -0.633. The number of rotatable bonds is 3. The Morgan fingerprint density at radius 2 is 1.73 bits per heavy atom. The van der Waals surface area contributed by atoms with Crippen LogP contribution in [0, 0.1) is 13.8 Å². The first-order valence-corrected chi connectivity index (χ1v) is 8.10. The maximum atomic E-state index is 2.38. The van der Waals surface area contributed by atoms with Crippen molar-refractivity contribution in [2.75, 3.05) is 0 Å². The minimum Gasteiger partial charge on any atom is -0.194 e. The van der Waals surface area contributed by atoms with Gasteiger partial charge in [-0.15, -0.1) is 0 Å². The summed E-state index contributed by atoms with van der Waals surface area (Å²) < 4.78 is 2.33. The van der Waals surface area contributed by atoms with Gasteiger partial charge in [0.05, 0.1) is 0 Å². The van der Waals surface area contributed by atoms with Crippen LogP contribution < -0.4 is 4.57 Å². The van der Waals surface area contributed by atoms with E-state index in [4.69, 9.17) is 0 Å². The molecule has 0 atom stereocenters. The molecule has 0 aliphatic rings. The highest BCUT2D eigenvalue weighted by Crippen LogP contribution is 2.27. The third kappa shape index (κ3) is 2.52. The number of para-hydroxylation sites is 1.